The minimum absolute atomic E-state index is 0.0228. The Bertz CT molecular complexity index is 933. The van der Waals surface area contributed by atoms with Crippen LogP contribution in [0.2, 0.25) is 10.0 Å². The lowest BCUT2D eigenvalue weighted by Crippen LogP contribution is -2.30. The summed E-state index contributed by atoms with van der Waals surface area (Å²) in [5, 5.41) is 1.01. The lowest BCUT2D eigenvalue weighted by atomic mass is 9.91. The summed E-state index contributed by atoms with van der Waals surface area (Å²) in [5.74, 6) is -0.0228. The molecule has 1 heterocycles. The fraction of sp³-hybridized carbons (Fsp3) is 0.294. The van der Waals surface area contributed by atoms with E-state index < -0.39 is 5.41 Å². The van der Waals surface area contributed by atoms with Crippen molar-refractivity contribution < 1.29 is 4.79 Å². The summed E-state index contributed by atoms with van der Waals surface area (Å²) < 4.78 is 2.61. The molecule has 6 heteroatoms. The molecule has 3 nitrogen and oxygen atoms in total. The van der Waals surface area contributed by atoms with E-state index in [1.165, 1.54) is 22.0 Å². The highest BCUT2D eigenvalue weighted by molar-refractivity contribution is 7.07. The molecular formula is C17H17Cl2NO2S. The Kier molecular flexibility index (Phi) is 5.19. The fourth-order valence-electron chi connectivity index (χ4n) is 1.80. The molecule has 0 aliphatic carbocycles. The minimum Gasteiger partial charge on any atom is -0.302 e. The van der Waals surface area contributed by atoms with Gasteiger partial charge in [0.05, 0.1) is 4.53 Å². The summed E-state index contributed by atoms with van der Waals surface area (Å²) in [6.45, 7) is 5.54. The number of halogens is 2. The van der Waals surface area contributed by atoms with Gasteiger partial charge in [-0.25, -0.2) is 0 Å². The highest BCUT2D eigenvalue weighted by Crippen LogP contribution is 2.21. The molecular weight excluding hydrogens is 353 g/mol. The highest BCUT2D eigenvalue weighted by atomic mass is 35.5. The third kappa shape index (κ3) is 4.14. The maximum Gasteiger partial charge on any atom is 0.268 e. The fourth-order valence-corrected chi connectivity index (χ4v) is 3.28. The predicted molar refractivity (Wildman–Crippen MR) is 97.8 cm³/mol. The van der Waals surface area contributed by atoms with Crippen molar-refractivity contribution in [2.24, 2.45) is 12.5 Å². The molecule has 23 heavy (non-hydrogen) atoms. The molecule has 0 saturated heterocycles. The Morgan fingerprint density at radius 1 is 1.26 bits per heavy atom. The number of rotatable bonds is 2. The first-order chi connectivity index (χ1) is 10.6. The molecule has 122 valence electrons. The van der Waals surface area contributed by atoms with Crippen molar-refractivity contribution in [1.82, 2.24) is 4.57 Å². The third-order valence-corrected chi connectivity index (χ3v) is 4.98. The van der Waals surface area contributed by atoms with Gasteiger partial charge in [0, 0.05) is 28.6 Å². The summed E-state index contributed by atoms with van der Waals surface area (Å²) in [6.07, 6.45) is 3.23. The van der Waals surface area contributed by atoms with Crippen molar-refractivity contribution in [3.05, 3.63) is 53.4 Å². The molecule has 0 N–H and O–H groups in total. The number of carbonyl (C=O) groups is 1. The smallest absolute Gasteiger partial charge is 0.268 e. The Morgan fingerprint density at radius 2 is 1.91 bits per heavy atom. The maximum atomic E-state index is 12.3. The van der Waals surface area contributed by atoms with E-state index in [-0.39, 0.29) is 11.3 Å². The largest absolute Gasteiger partial charge is 0.302 e. The Hall–Kier alpha value is -1.36. The van der Waals surface area contributed by atoms with Crippen LogP contribution in [0.15, 0.2) is 23.0 Å². The molecule has 0 fully saturated rings. The number of benzene rings is 1. The van der Waals surface area contributed by atoms with Gasteiger partial charge in [-0.2, -0.15) is 0 Å². The van der Waals surface area contributed by atoms with E-state index in [2.05, 4.69) is 0 Å². The maximum absolute atomic E-state index is 12.3. The van der Waals surface area contributed by atoms with Gasteiger partial charge in [-0.05, 0) is 23.8 Å². The second-order valence-electron chi connectivity index (χ2n) is 6.24. The molecule has 0 radical (unpaired) electrons. The van der Waals surface area contributed by atoms with Gasteiger partial charge < -0.3 is 4.57 Å². The summed E-state index contributed by atoms with van der Waals surface area (Å²) in [7, 11) is 1.65. The Labute approximate surface area is 148 Å². The van der Waals surface area contributed by atoms with Gasteiger partial charge in [0.1, 0.15) is 4.66 Å². The normalized spacial score (nSPS) is 13.7. The van der Waals surface area contributed by atoms with E-state index in [9.17, 15) is 9.59 Å². The zero-order valence-corrected chi connectivity index (χ0v) is 15.6. The van der Waals surface area contributed by atoms with E-state index in [4.69, 9.17) is 23.2 Å². The van der Waals surface area contributed by atoms with Crippen molar-refractivity contribution in [3.8, 4) is 0 Å². The number of ketones is 1. The molecule has 0 saturated carbocycles. The van der Waals surface area contributed by atoms with Crippen LogP contribution < -0.4 is 14.8 Å². The summed E-state index contributed by atoms with van der Waals surface area (Å²) in [6, 6.07) is 5.10. The molecule has 0 bridgehead atoms. The van der Waals surface area contributed by atoms with Gasteiger partial charge in [0.2, 0.25) is 0 Å². The Balaban J connectivity index is 2.61. The van der Waals surface area contributed by atoms with Crippen LogP contribution in [0.5, 0.6) is 0 Å². The van der Waals surface area contributed by atoms with Crippen LogP contribution >= 0.6 is 34.5 Å². The molecule has 0 aliphatic rings. The van der Waals surface area contributed by atoms with Gasteiger partial charge in [0.25, 0.3) is 5.56 Å². The van der Waals surface area contributed by atoms with Crippen LogP contribution in [-0.4, -0.2) is 10.4 Å². The predicted octanol–water partition coefficient (Wildman–Crippen LogP) is 2.98. The number of thiazole rings is 1. The zero-order chi connectivity index (χ0) is 17.4. The van der Waals surface area contributed by atoms with Crippen molar-refractivity contribution in [1.29, 1.82) is 0 Å². The zero-order valence-electron chi connectivity index (χ0n) is 13.3. The summed E-state index contributed by atoms with van der Waals surface area (Å²) in [5.41, 5.74) is 0.0707. The molecule has 1 aromatic heterocycles. The van der Waals surface area contributed by atoms with Gasteiger partial charge in [-0.1, -0.05) is 50.0 Å². The first-order valence-electron chi connectivity index (χ1n) is 6.98. The lowest BCUT2D eigenvalue weighted by Gasteiger charge is -2.12. The van der Waals surface area contributed by atoms with Crippen LogP contribution in [0, 0.1) is 5.41 Å². The molecule has 1 aromatic carbocycles. The van der Waals surface area contributed by atoms with Crippen LogP contribution in [0.1, 0.15) is 26.3 Å². The molecule has 2 rings (SSSR count). The summed E-state index contributed by atoms with van der Waals surface area (Å²) in [4.78, 5) is 24.5. The van der Waals surface area contributed by atoms with Gasteiger partial charge in [0.15, 0.2) is 5.78 Å². The van der Waals surface area contributed by atoms with Gasteiger partial charge in [-0.3, -0.25) is 9.59 Å². The van der Waals surface area contributed by atoms with Crippen molar-refractivity contribution in [2.45, 2.75) is 20.8 Å². The lowest BCUT2D eigenvalue weighted by molar-refractivity contribution is -0.120. The first kappa shape index (κ1) is 18.0. The highest BCUT2D eigenvalue weighted by Gasteiger charge is 2.19. The number of carbonyl (C=O) groups excluding carboxylic acids is 1. The minimum atomic E-state index is -0.483. The SMILES string of the molecule is Cn1c(=O)/c(=C\c2ccc(Cl)cc2Cl)s/c1=C\C(=O)C(C)(C)C. The number of hydrogen-bond donors (Lipinski definition) is 0. The van der Waals surface area contributed by atoms with Crippen molar-refractivity contribution in [3.63, 3.8) is 0 Å². The number of Topliss-reactive ketones (excluding diaryl/α,β-unsaturated/α-hetero) is 1. The van der Waals surface area contributed by atoms with Gasteiger partial charge in [-0.15, -0.1) is 11.3 Å². The third-order valence-electron chi connectivity index (χ3n) is 3.30. The van der Waals surface area contributed by atoms with Crippen LogP contribution in [0.3, 0.4) is 0 Å². The molecule has 0 spiro atoms. The molecule has 2 aromatic rings. The van der Waals surface area contributed by atoms with Crippen LogP contribution in [0.25, 0.3) is 12.2 Å². The van der Waals surface area contributed by atoms with Crippen LogP contribution in [-0.2, 0) is 11.8 Å². The average Bonchev–Trinajstić information content (AvgIpc) is 2.69. The topological polar surface area (TPSA) is 39.1 Å². The Morgan fingerprint density at radius 3 is 2.48 bits per heavy atom. The first-order valence-corrected chi connectivity index (χ1v) is 8.55. The average molecular weight is 370 g/mol. The van der Waals surface area contributed by atoms with Gasteiger partial charge >= 0.3 is 0 Å². The number of aromatic nitrogens is 1. The summed E-state index contributed by atoms with van der Waals surface area (Å²) >= 11 is 13.3. The second kappa shape index (κ2) is 6.63. The van der Waals surface area contributed by atoms with E-state index in [0.29, 0.717) is 24.8 Å². The molecule has 0 unspecified atom stereocenters. The van der Waals surface area contributed by atoms with E-state index in [1.54, 1.807) is 31.3 Å². The monoisotopic (exact) mass is 369 g/mol. The van der Waals surface area contributed by atoms with Crippen LogP contribution in [0.4, 0.5) is 0 Å². The molecule has 0 aliphatic heterocycles. The van der Waals surface area contributed by atoms with E-state index in [1.807, 2.05) is 20.8 Å². The van der Waals surface area contributed by atoms with Crippen molar-refractivity contribution in [2.75, 3.05) is 0 Å². The standard InChI is InChI=1S/C17H17Cl2NO2S/c1-17(2,3)14(21)9-15-20(4)16(22)13(23-15)7-10-5-6-11(18)8-12(10)19/h5-9H,1-4H3/b13-7+,15-9-. The molecule has 0 amide bonds. The van der Waals surface area contributed by atoms with E-state index >= 15 is 0 Å². The number of hydrogen-bond acceptors (Lipinski definition) is 3. The number of nitrogens with zero attached hydrogens (tertiary/aromatic N) is 1. The van der Waals surface area contributed by atoms with E-state index in [0.717, 1.165) is 0 Å². The van der Waals surface area contributed by atoms with Crippen molar-refractivity contribution >= 4 is 52.5 Å². The second-order valence-corrected chi connectivity index (χ2v) is 8.14. The molecule has 0 atom stereocenters. The quantitative estimate of drug-likeness (QED) is 0.815.